The molecule has 7 heteroatoms. The predicted octanol–water partition coefficient (Wildman–Crippen LogP) is 3.60. The Hall–Kier alpha value is -0.820. The van der Waals surface area contributed by atoms with Gasteiger partial charge >= 0.3 is 6.18 Å². The Morgan fingerprint density at radius 1 is 1.28 bits per heavy atom. The lowest BCUT2D eigenvalue weighted by molar-refractivity contribution is -0.124. The summed E-state index contributed by atoms with van der Waals surface area (Å²) in [5.41, 5.74) is 0. The molecule has 1 atom stereocenters. The molecule has 18 heavy (non-hydrogen) atoms. The van der Waals surface area contributed by atoms with Gasteiger partial charge in [0.2, 0.25) is 0 Å². The topological polar surface area (TPSA) is 12.0 Å². The molecule has 0 saturated heterocycles. The average molecular weight is 285 g/mol. The largest absolute Gasteiger partial charge is 0.401 e. The van der Waals surface area contributed by atoms with Crippen LogP contribution >= 0.6 is 11.8 Å². The number of hydrogen-bond donors (Lipinski definition) is 1. The summed E-state index contributed by atoms with van der Waals surface area (Å²) in [6, 6.07) is 3.13. The summed E-state index contributed by atoms with van der Waals surface area (Å²) in [5, 5.41) is 1.98. The van der Waals surface area contributed by atoms with Crippen molar-refractivity contribution in [2.24, 2.45) is 0 Å². The number of rotatable bonds is 5. The maximum absolute atomic E-state index is 13.3. The van der Waals surface area contributed by atoms with Crippen LogP contribution in [0, 0.1) is 11.6 Å². The fraction of sp³-hybridized carbons (Fsp3) is 0.455. The van der Waals surface area contributed by atoms with Crippen LogP contribution in [0.25, 0.3) is 0 Å². The van der Waals surface area contributed by atoms with Crippen molar-refractivity contribution in [3.63, 3.8) is 0 Å². The van der Waals surface area contributed by atoms with Crippen LogP contribution < -0.4 is 5.32 Å². The molecule has 1 nitrogen and oxygen atoms in total. The molecule has 1 rings (SSSR count). The van der Waals surface area contributed by atoms with Crippen LogP contribution in [0.3, 0.4) is 0 Å². The minimum Gasteiger partial charge on any atom is -0.308 e. The number of nitrogens with one attached hydrogen (secondary N) is 1. The molecule has 0 aliphatic carbocycles. The zero-order valence-corrected chi connectivity index (χ0v) is 10.3. The van der Waals surface area contributed by atoms with Gasteiger partial charge in [0.15, 0.2) is 0 Å². The molecule has 0 amide bonds. The average Bonchev–Trinajstić information content (AvgIpc) is 2.20. The highest BCUT2D eigenvalue weighted by Crippen LogP contribution is 2.26. The third kappa shape index (κ3) is 5.68. The molecule has 0 radical (unpaired) electrons. The van der Waals surface area contributed by atoms with Gasteiger partial charge in [-0.1, -0.05) is 6.92 Å². The molecule has 0 bridgehead atoms. The van der Waals surface area contributed by atoms with Crippen LogP contribution in [0.4, 0.5) is 22.0 Å². The van der Waals surface area contributed by atoms with E-state index in [1.54, 1.807) is 6.92 Å². The van der Waals surface area contributed by atoms with E-state index in [9.17, 15) is 22.0 Å². The molecule has 1 unspecified atom stereocenters. The van der Waals surface area contributed by atoms with Crippen molar-refractivity contribution < 1.29 is 22.0 Å². The smallest absolute Gasteiger partial charge is 0.308 e. The van der Waals surface area contributed by atoms with Crippen molar-refractivity contribution in [3.05, 3.63) is 29.8 Å². The summed E-state index contributed by atoms with van der Waals surface area (Å²) in [5.74, 6) is -1.39. The van der Waals surface area contributed by atoms with Crippen molar-refractivity contribution in [2.45, 2.75) is 23.2 Å². The zero-order valence-electron chi connectivity index (χ0n) is 9.52. The van der Waals surface area contributed by atoms with Gasteiger partial charge in [-0.05, 0) is 12.1 Å². The first-order valence-corrected chi connectivity index (χ1v) is 6.05. The fourth-order valence-corrected chi connectivity index (χ4v) is 2.20. The molecule has 1 N–H and O–H groups in total. The van der Waals surface area contributed by atoms with E-state index in [1.165, 1.54) is 6.07 Å². The SMILES string of the molecule is CC(CNCC(F)(F)F)Sc1ccc(F)cc1F. The second-order valence-electron chi connectivity index (χ2n) is 3.75. The second-order valence-corrected chi connectivity index (χ2v) is 5.23. The van der Waals surface area contributed by atoms with Crippen LogP contribution in [0.15, 0.2) is 23.1 Å². The molecule has 102 valence electrons. The van der Waals surface area contributed by atoms with Crippen molar-refractivity contribution in [1.29, 1.82) is 0 Å². The number of thioether (sulfide) groups is 1. The van der Waals surface area contributed by atoms with Gasteiger partial charge < -0.3 is 5.32 Å². The van der Waals surface area contributed by atoms with Crippen LogP contribution in [0.5, 0.6) is 0 Å². The molecule has 0 fully saturated rings. The highest BCUT2D eigenvalue weighted by molar-refractivity contribution is 8.00. The summed E-state index contributed by atoms with van der Waals surface area (Å²) in [7, 11) is 0. The predicted molar refractivity (Wildman–Crippen MR) is 60.6 cm³/mol. The summed E-state index contributed by atoms with van der Waals surface area (Å²) >= 11 is 1.06. The Bertz CT molecular complexity index is 394. The molecule has 0 saturated carbocycles. The van der Waals surface area contributed by atoms with Gasteiger partial charge in [0.25, 0.3) is 0 Å². The van der Waals surface area contributed by atoms with Crippen LogP contribution in [-0.4, -0.2) is 24.5 Å². The summed E-state index contributed by atoms with van der Waals surface area (Å²) < 4.78 is 61.5. The van der Waals surface area contributed by atoms with Crippen LogP contribution in [0.1, 0.15) is 6.92 Å². The summed E-state index contributed by atoms with van der Waals surface area (Å²) in [6.45, 7) is 0.668. The van der Waals surface area contributed by atoms with Gasteiger partial charge in [0.05, 0.1) is 6.54 Å². The molecule has 0 aliphatic heterocycles. The first-order chi connectivity index (χ1) is 8.28. The van der Waals surface area contributed by atoms with E-state index < -0.39 is 24.4 Å². The lowest BCUT2D eigenvalue weighted by Crippen LogP contribution is -2.32. The highest BCUT2D eigenvalue weighted by Gasteiger charge is 2.26. The van der Waals surface area contributed by atoms with Crippen molar-refractivity contribution >= 4 is 11.8 Å². The minimum absolute atomic E-state index is 0.0843. The quantitative estimate of drug-likeness (QED) is 0.655. The first-order valence-electron chi connectivity index (χ1n) is 5.17. The summed E-state index contributed by atoms with van der Waals surface area (Å²) in [6.07, 6.45) is -4.26. The number of alkyl halides is 3. The molecule has 1 aromatic carbocycles. The fourth-order valence-electron chi connectivity index (χ4n) is 1.25. The van der Waals surface area contributed by atoms with Crippen molar-refractivity contribution in [3.8, 4) is 0 Å². The normalized spacial score (nSPS) is 13.7. The van der Waals surface area contributed by atoms with Gasteiger partial charge in [-0.2, -0.15) is 13.2 Å². The van der Waals surface area contributed by atoms with E-state index in [4.69, 9.17) is 0 Å². The third-order valence-electron chi connectivity index (χ3n) is 1.98. The van der Waals surface area contributed by atoms with Gasteiger partial charge in [-0.3, -0.25) is 0 Å². The first kappa shape index (κ1) is 15.2. The zero-order chi connectivity index (χ0) is 13.8. The van der Waals surface area contributed by atoms with Crippen LogP contribution in [-0.2, 0) is 0 Å². The molecule has 0 spiro atoms. The molecule has 1 aromatic rings. The third-order valence-corrected chi connectivity index (χ3v) is 3.13. The standard InChI is InChI=1S/C11H12F5NS/c1-7(5-17-6-11(14,15)16)18-10-3-2-8(12)4-9(10)13/h2-4,7,17H,5-6H2,1H3. The minimum atomic E-state index is -4.26. The van der Waals surface area contributed by atoms with E-state index >= 15 is 0 Å². The second kappa shape index (κ2) is 6.38. The highest BCUT2D eigenvalue weighted by atomic mass is 32.2. The molecular weight excluding hydrogens is 273 g/mol. The Balaban J connectivity index is 2.42. The Morgan fingerprint density at radius 3 is 2.50 bits per heavy atom. The molecule has 0 aromatic heterocycles. The van der Waals surface area contributed by atoms with Gasteiger partial charge in [-0.15, -0.1) is 11.8 Å². The lowest BCUT2D eigenvalue weighted by atomic mass is 10.3. The maximum atomic E-state index is 13.3. The van der Waals surface area contributed by atoms with Crippen molar-refractivity contribution in [1.82, 2.24) is 5.32 Å². The van der Waals surface area contributed by atoms with Crippen LogP contribution in [0.2, 0.25) is 0 Å². The van der Waals surface area contributed by atoms with E-state index in [-0.39, 0.29) is 16.7 Å². The number of halogens is 5. The lowest BCUT2D eigenvalue weighted by Gasteiger charge is -2.14. The monoisotopic (exact) mass is 285 g/mol. The Labute approximate surface area is 106 Å². The van der Waals surface area contributed by atoms with E-state index in [2.05, 4.69) is 5.32 Å². The molecule has 0 aliphatic rings. The molecule has 0 heterocycles. The van der Waals surface area contributed by atoms with Gasteiger partial charge in [0.1, 0.15) is 11.6 Å². The van der Waals surface area contributed by atoms with E-state index in [0.29, 0.717) is 0 Å². The summed E-state index contributed by atoms with van der Waals surface area (Å²) in [4.78, 5) is 0.220. The van der Waals surface area contributed by atoms with E-state index in [1.807, 2.05) is 0 Å². The van der Waals surface area contributed by atoms with E-state index in [0.717, 1.165) is 23.9 Å². The maximum Gasteiger partial charge on any atom is 0.401 e. The Kier molecular flexibility index (Phi) is 5.40. The molecular formula is C11H12F5NS. The Morgan fingerprint density at radius 2 is 1.94 bits per heavy atom. The number of hydrogen-bond acceptors (Lipinski definition) is 2. The van der Waals surface area contributed by atoms with Gasteiger partial charge in [0, 0.05) is 22.8 Å². The number of benzene rings is 1. The van der Waals surface area contributed by atoms with Crippen molar-refractivity contribution in [2.75, 3.05) is 13.1 Å². The van der Waals surface area contributed by atoms with Gasteiger partial charge in [-0.25, -0.2) is 8.78 Å².